The molecule has 4 fully saturated rings. The smallest absolute Gasteiger partial charge is 0.410 e. The van der Waals surface area contributed by atoms with Crippen LogP contribution in [0.15, 0.2) is 16.7 Å². The third-order valence-electron chi connectivity index (χ3n) is 9.49. The van der Waals surface area contributed by atoms with Gasteiger partial charge in [0, 0.05) is 57.2 Å². The fraction of sp³-hybridized carbons (Fsp3) is 0.793. The molecule has 0 aromatic carbocycles. The highest BCUT2D eigenvalue weighted by Crippen LogP contribution is 2.43. The van der Waals surface area contributed by atoms with Gasteiger partial charge in [0.05, 0.1) is 12.3 Å². The lowest BCUT2D eigenvalue weighted by Crippen LogP contribution is -2.56. The van der Waals surface area contributed by atoms with Crippen molar-refractivity contribution in [1.29, 1.82) is 0 Å². The van der Waals surface area contributed by atoms with Gasteiger partial charge < -0.3 is 19.0 Å². The summed E-state index contributed by atoms with van der Waals surface area (Å²) >= 11 is 0. The molecule has 36 heavy (non-hydrogen) atoms. The molecule has 1 spiro atoms. The number of furan rings is 1. The fourth-order valence-corrected chi connectivity index (χ4v) is 7.25. The van der Waals surface area contributed by atoms with Gasteiger partial charge in [-0.25, -0.2) is 4.79 Å². The van der Waals surface area contributed by atoms with Crippen LogP contribution in [0.2, 0.25) is 0 Å². The van der Waals surface area contributed by atoms with Crippen molar-refractivity contribution >= 4 is 12.0 Å². The van der Waals surface area contributed by atoms with Crippen molar-refractivity contribution in [3.8, 4) is 0 Å². The summed E-state index contributed by atoms with van der Waals surface area (Å²) in [6.45, 7) is 8.55. The maximum absolute atomic E-state index is 13.1. The molecule has 7 heteroatoms. The fourth-order valence-electron chi connectivity index (χ4n) is 7.25. The number of rotatable bonds is 7. The molecule has 5 rings (SSSR count). The van der Waals surface area contributed by atoms with Crippen molar-refractivity contribution in [2.75, 3.05) is 32.7 Å². The summed E-state index contributed by atoms with van der Waals surface area (Å²) in [6, 6.07) is 2.57. The van der Waals surface area contributed by atoms with E-state index in [1.54, 1.807) is 6.26 Å². The van der Waals surface area contributed by atoms with E-state index in [1.165, 1.54) is 32.1 Å². The molecular formula is C29H45N3O4. The van der Waals surface area contributed by atoms with Gasteiger partial charge in [0.15, 0.2) is 5.76 Å². The lowest BCUT2D eigenvalue weighted by Gasteiger charge is -2.46. The second kappa shape index (κ2) is 11.2. The van der Waals surface area contributed by atoms with Crippen LogP contribution in [0.25, 0.3) is 0 Å². The molecule has 4 heterocycles. The van der Waals surface area contributed by atoms with Gasteiger partial charge in [-0.3, -0.25) is 9.69 Å². The Hall–Kier alpha value is -2.02. The van der Waals surface area contributed by atoms with E-state index >= 15 is 0 Å². The Morgan fingerprint density at radius 2 is 1.78 bits per heavy atom. The number of piperidine rings is 2. The Morgan fingerprint density at radius 1 is 1.06 bits per heavy atom. The number of hydrogen-bond donors (Lipinski definition) is 0. The van der Waals surface area contributed by atoms with Gasteiger partial charge in [-0.2, -0.15) is 0 Å². The molecule has 1 saturated carbocycles. The third kappa shape index (κ3) is 5.18. The summed E-state index contributed by atoms with van der Waals surface area (Å²) < 4.78 is 11.7. The Kier molecular flexibility index (Phi) is 7.94. The molecule has 1 aromatic heterocycles. The average Bonchev–Trinajstić information content (AvgIpc) is 3.44. The highest BCUT2D eigenvalue weighted by Gasteiger charge is 2.55. The minimum absolute atomic E-state index is 0.0169. The second-order valence-electron chi connectivity index (χ2n) is 11.7. The maximum Gasteiger partial charge on any atom is 0.410 e. The summed E-state index contributed by atoms with van der Waals surface area (Å²) in [7, 11) is 0. The number of hydrogen-bond acceptors (Lipinski definition) is 5. The van der Waals surface area contributed by atoms with E-state index in [0.717, 1.165) is 83.2 Å². The van der Waals surface area contributed by atoms with Crippen molar-refractivity contribution in [3.63, 3.8) is 0 Å². The van der Waals surface area contributed by atoms with Gasteiger partial charge in [0.1, 0.15) is 5.60 Å². The van der Waals surface area contributed by atoms with Crippen LogP contribution in [0.5, 0.6) is 0 Å². The first-order chi connectivity index (χ1) is 17.5. The quantitative estimate of drug-likeness (QED) is 0.487. The number of amides is 2. The largest absolute Gasteiger partial charge is 0.459 e. The summed E-state index contributed by atoms with van der Waals surface area (Å²) in [5.41, 5.74) is 0.593. The zero-order chi connectivity index (χ0) is 25.1. The van der Waals surface area contributed by atoms with Gasteiger partial charge >= 0.3 is 6.09 Å². The molecule has 7 nitrogen and oxygen atoms in total. The van der Waals surface area contributed by atoms with Crippen LogP contribution in [-0.2, 0) is 4.74 Å². The van der Waals surface area contributed by atoms with E-state index in [-0.39, 0.29) is 23.6 Å². The number of ether oxygens (including phenoxy) is 1. The van der Waals surface area contributed by atoms with Crippen molar-refractivity contribution in [1.82, 2.24) is 14.7 Å². The lowest BCUT2D eigenvalue weighted by atomic mass is 9.80. The van der Waals surface area contributed by atoms with Crippen LogP contribution in [0.3, 0.4) is 0 Å². The summed E-state index contributed by atoms with van der Waals surface area (Å²) in [6.07, 6.45) is 15.2. The predicted octanol–water partition coefficient (Wildman–Crippen LogP) is 5.62. The Bertz CT molecular complexity index is 892. The first kappa shape index (κ1) is 25.6. The number of carbonyl (C=O) groups is 2. The van der Waals surface area contributed by atoms with Crippen LogP contribution < -0.4 is 0 Å². The van der Waals surface area contributed by atoms with Crippen LogP contribution >= 0.6 is 0 Å². The molecule has 1 atom stereocenters. The van der Waals surface area contributed by atoms with E-state index in [0.29, 0.717) is 17.7 Å². The molecule has 1 aliphatic carbocycles. The molecule has 4 aliphatic rings. The normalized spacial score (nSPS) is 26.1. The molecular weight excluding hydrogens is 454 g/mol. The zero-order valence-corrected chi connectivity index (χ0v) is 22.4. The summed E-state index contributed by atoms with van der Waals surface area (Å²) in [5, 5.41) is 0. The molecule has 200 valence electrons. The van der Waals surface area contributed by atoms with Gasteiger partial charge in [0.2, 0.25) is 0 Å². The van der Waals surface area contributed by atoms with Crippen LogP contribution in [0, 0.1) is 12.8 Å². The second-order valence-corrected chi connectivity index (χ2v) is 11.7. The Labute approximate surface area is 216 Å². The monoisotopic (exact) mass is 499 g/mol. The third-order valence-corrected chi connectivity index (χ3v) is 9.49. The average molecular weight is 500 g/mol. The first-order valence-corrected chi connectivity index (χ1v) is 14.6. The van der Waals surface area contributed by atoms with Crippen LogP contribution in [-0.4, -0.2) is 77.1 Å². The van der Waals surface area contributed by atoms with Crippen LogP contribution in [0.4, 0.5) is 4.79 Å². The van der Waals surface area contributed by atoms with Crippen molar-refractivity contribution in [2.24, 2.45) is 5.92 Å². The molecule has 0 bridgehead atoms. The molecule has 1 unspecified atom stereocenters. The summed E-state index contributed by atoms with van der Waals surface area (Å²) in [5.74, 6) is 1.14. The molecule has 3 saturated heterocycles. The van der Waals surface area contributed by atoms with Crippen molar-refractivity contribution < 1.29 is 18.7 Å². The van der Waals surface area contributed by atoms with E-state index in [1.807, 2.05) is 17.9 Å². The molecule has 0 N–H and O–H groups in total. The topological polar surface area (TPSA) is 66.2 Å². The predicted molar refractivity (Wildman–Crippen MR) is 139 cm³/mol. The van der Waals surface area contributed by atoms with Crippen LogP contribution in [0.1, 0.15) is 100 Å². The Balaban J connectivity index is 1.17. The van der Waals surface area contributed by atoms with E-state index in [4.69, 9.17) is 9.15 Å². The molecule has 2 amide bonds. The summed E-state index contributed by atoms with van der Waals surface area (Å²) in [4.78, 5) is 32.6. The number of unbranched alkanes of at least 4 members (excludes halogenated alkanes) is 1. The van der Waals surface area contributed by atoms with Crippen molar-refractivity contribution in [3.05, 3.63) is 23.7 Å². The standard InChI is InChI=1S/C29H45N3O4/c1-3-4-10-25-29(36-28(34)32(25)21-23-8-6-5-7-9-23)14-18-30(19-15-29)24-11-16-31(17-12-24)27(33)26-22(2)13-20-35-26/h13,20,23-25H,3-12,14-19,21H2,1-2H3. The zero-order valence-electron chi connectivity index (χ0n) is 22.4. The minimum atomic E-state index is -0.315. The van der Waals surface area contributed by atoms with Gasteiger partial charge in [-0.05, 0) is 51.0 Å². The van der Waals surface area contributed by atoms with Gasteiger partial charge in [-0.1, -0.05) is 39.0 Å². The minimum Gasteiger partial charge on any atom is -0.459 e. The van der Waals surface area contributed by atoms with E-state index in [9.17, 15) is 9.59 Å². The van der Waals surface area contributed by atoms with E-state index < -0.39 is 0 Å². The molecule has 3 aliphatic heterocycles. The highest BCUT2D eigenvalue weighted by atomic mass is 16.6. The lowest BCUT2D eigenvalue weighted by molar-refractivity contribution is -0.0386. The number of aryl methyl sites for hydroxylation is 1. The first-order valence-electron chi connectivity index (χ1n) is 14.6. The van der Waals surface area contributed by atoms with Crippen molar-refractivity contribution in [2.45, 2.75) is 109 Å². The number of likely N-dealkylation sites (tertiary alicyclic amines) is 2. The van der Waals surface area contributed by atoms with Gasteiger partial charge in [-0.15, -0.1) is 0 Å². The Morgan fingerprint density at radius 3 is 2.42 bits per heavy atom. The number of nitrogens with zero attached hydrogens (tertiary/aromatic N) is 3. The molecule has 0 radical (unpaired) electrons. The molecule has 1 aromatic rings. The van der Waals surface area contributed by atoms with E-state index in [2.05, 4.69) is 16.7 Å². The maximum atomic E-state index is 13.1. The number of carbonyl (C=O) groups excluding carboxylic acids is 2. The van der Waals surface area contributed by atoms with Gasteiger partial charge in [0.25, 0.3) is 5.91 Å². The highest BCUT2D eigenvalue weighted by molar-refractivity contribution is 5.92. The SMILES string of the molecule is CCCCC1N(CC2CCCCC2)C(=O)OC12CCN(C1CCN(C(=O)c3occc3C)CC1)CC2.